The Kier molecular flexibility index (Phi) is 17.4. The van der Waals surface area contributed by atoms with Gasteiger partial charge in [0.05, 0.1) is 40.0 Å². The molecule has 0 spiro atoms. The van der Waals surface area contributed by atoms with Crippen LogP contribution in [0, 0.1) is 0 Å². The summed E-state index contributed by atoms with van der Waals surface area (Å²) < 4.78 is 32.5. The zero-order chi connectivity index (χ0) is 26.9. The van der Waals surface area contributed by atoms with Crippen LogP contribution in [0.4, 0.5) is 0 Å². The summed E-state index contributed by atoms with van der Waals surface area (Å²) in [6.45, 7) is 1.91. The molecule has 1 N–H and O–H groups in total. The predicted molar refractivity (Wildman–Crippen MR) is 138 cm³/mol. The Labute approximate surface area is 219 Å². The Balaban J connectivity index is 1.92. The number of ether oxygens (including phenoxy) is 2. The first kappa shape index (κ1) is 33.5. The fourth-order valence-corrected chi connectivity index (χ4v) is 4.64. The number of unbranched alkanes of at least 4 members (excludes halogenated alkanes) is 9. The van der Waals surface area contributed by atoms with E-state index in [0.29, 0.717) is 23.2 Å². The van der Waals surface area contributed by atoms with Gasteiger partial charge in [-0.3, -0.25) is 9.36 Å². The minimum atomic E-state index is -4.50. The van der Waals surface area contributed by atoms with Gasteiger partial charge in [-0.1, -0.05) is 71.1 Å². The molecular formula is C26H52NO8P. The number of aliphatic hydroxyl groups excluding tert-OH is 1. The van der Waals surface area contributed by atoms with Gasteiger partial charge >= 0.3 is 5.97 Å². The highest BCUT2D eigenvalue weighted by molar-refractivity contribution is 7.45. The zero-order valence-corrected chi connectivity index (χ0v) is 24.1. The number of carbonyl (C=O) groups excluding carboxylic acids is 1. The smallest absolute Gasteiger partial charge is 0.305 e. The second-order valence-corrected chi connectivity index (χ2v) is 12.4. The van der Waals surface area contributed by atoms with E-state index in [9.17, 15) is 19.4 Å². The molecule has 10 heteroatoms. The van der Waals surface area contributed by atoms with Gasteiger partial charge in [0, 0.05) is 6.42 Å². The van der Waals surface area contributed by atoms with Crippen molar-refractivity contribution in [2.75, 3.05) is 47.5 Å². The average molecular weight is 538 g/mol. The molecule has 1 rings (SSSR count). The molecule has 0 radical (unpaired) electrons. The fourth-order valence-electron chi connectivity index (χ4n) is 3.91. The van der Waals surface area contributed by atoms with Gasteiger partial charge in [0.2, 0.25) is 0 Å². The summed E-state index contributed by atoms with van der Waals surface area (Å²) in [6.07, 6.45) is 15.4. The first-order valence-electron chi connectivity index (χ1n) is 13.9. The quantitative estimate of drug-likeness (QED) is 0.0635. The van der Waals surface area contributed by atoms with Crippen molar-refractivity contribution in [3.63, 3.8) is 0 Å². The number of phosphoric ester groups is 1. The molecule has 1 saturated heterocycles. The topological polar surface area (TPSA) is 118 Å². The Hall–Kier alpha value is -0.540. The van der Waals surface area contributed by atoms with Crippen LogP contribution in [0.2, 0.25) is 0 Å². The van der Waals surface area contributed by atoms with Gasteiger partial charge < -0.3 is 33.0 Å². The number of esters is 1. The lowest BCUT2D eigenvalue weighted by Crippen LogP contribution is -2.37. The minimum Gasteiger partial charge on any atom is -0.756 e. The molecule has 0 aliphatic carbocycles. The first-order chi connectivity index (χ1) is 17.0. The van der Waals surface area contributed by atoms with Crippen molar-refractivity contribution in [1.82, 2.24) is 0 Å². The van der Waals surface area contributed by atoms with E-state index in [-0.39, 0.29) is 19.6 Å². The van der Waals surface area contributed by atoms with Crippen LogP contribution in [0.25, 0.3) is 0 Å². The van der Waals surface area contributed by atoms with Gasteiger partial charge in [0.25, 0.3) is 7.82 Å². The number of aliphatic hydroxyl groups is 1. The number of rotatable bonds is 24. The summed E-state index contributed by atoms with van der Waals surface area (Å²) >= 11 is 0. The number of likely N-dealkylation sites (N-methyl/N-ethyl adjacent to an activating group) is 1. The highest BCUT2D eigenvalue weighted by Gasteiger charge is 2.36. The lowest BCUT2D eigenvalue weighted by molar-refractivity contribution is -0.870. The van der Waals surface area contributed by atoms with Crippen molar-refractivity contribution >= 4 is 13.8 Å². The van der Waals surface area contributed by atoms with Gasteiger partial charge in [-0.05, 0) is 19.3 Å². The predicted octanol–water partition coefficient (Wildman–Crippen LogP) is 4.35. The monoisotopic (exact) mass is 537 g/mol. The van der Waals surface area contributed by atoms with Crippen molar-refractivity contribution in [2.24, 2.45) is 0 Å². The van der Waals surface area contributed by atoms with E-state index < -0.39 is 26.5 Å². The molecule has 0 aromatic heterocycles. The lowest BCUT2D eigenvalue weighted by Gasteiger charge is -2.27. The highest BCUT2D eigenvalue weighted by atomic mass is 31.2. The van der Waals surface area contributed by atoms with Crippen LogP contribution >= 0.6 is 7.82 Å². The molecule has 0 aromatic carbocycles. The van der Waals surface area contributed by atoms with Crippen LogP contribution in [0.1, 0.15) is 96.8 Å². The standard InChI is InChI=1S/C26H52NO8P/c1-5-6-7-8-10-13-16-24-25(35-24)17-14-11-9-12-15-18-26(29)32-21-23(28)22-34-36(30,31)33-20-19-27(2,3)4/h23-25,28H,5-22H2,1-4H3/t23-,24-,25+/m1/s1. The van der Waals surface area contributed by atoms with E-state index in [2.05, 4.69) is 11.4 Å². The van der Waals surface area contributed by atoms with Crippen molar-refractivity contribution in [2.45, 2.75) is 115 Å². The Morgan fingerprint density at radius 3 is 2.06 bits per heavy atom. The molecule has 9 nitrogen and oxygen atoms in total. The van der Waals surface area contributed by atoms with Crippen LogP contribution in [0.3, 0.4) is 0 Å². The third-order valence-corrected chi connectivity index (χ3v) is 7.24. The van der Waals surface area contributed by atoms with Crippen LogP contribution in [0.15, 0.2) is 0 Å². The molecule has 1 aliphatic rings. The maximum absolute atomic E-state index is 11.8. The normalized spacial score (nSPS) is 20.2. The molecule has 4 atom stereocenters. The molecular weight excluding hydrogens is 485 g/mol. The molecule has 1 fully saturated rings. The fraction of sp³-hybridized carbons (Fsp3) is 0.962. The molecule has 1 unspecified atom stereocenters. The van der Waals surface area contributed by atoms with Crippen molar-refractivity contribution < 1.29 is 42.4 Å². The second kappa shape index (κ2) is 18.7. The summed E-state index contributed by atoms with van der Waals surface area (Å²) in [5.41, 5.74) is 0. The third-order valence-electron chi connectivity index (χ3n) is 6.27. The number of phosphoric acid groups is 1. The molecule has 0 bridgehead atoms. The Morgan fingerprint density at radius 1 is 0.917 bits per heavy atom. The first-order valence-corrected chi connectivity index (χ1v) is 15.4. The van der Waals surface area contributed by atoms with E-state index in [0.717, 1.165) is 38.5 Å². The van der Waals surface area contributed by atoms with Crippen LogP contribution < -0.4 is 4.89 Å². The van der Waals surface area contributed by atoms with Crippen molar-refractivity contribution in [3.8, 4) is 0 Å². The van der Waals surface area contributed by atoms with Crippen molar-refractivity contribution in [3.05, 3.63) is 0 Å². The van der Waals surface area contributed by atoms with Gasteiger partial charge in [-0.25, -0.2) is 0 Å². The van der Waals surface area contributed by atoms with Crippen molar-refractivity contribution in [1.29, 1.82) is 0 Å². The SMILES string of the molecule is CCCCCCCC[C@H]1O[C@H]1CCCCCCCC(=O)OC[C@@H](O)COP(=O)([O-])OCC[N+](C)(C)C. The molecule has 0 saturated carbocycles. The summed E-state index contributed by atoms with van der Waals surface area (Å²) in [4.78, 5) is 23.5. The number of quaternary nitrogens is 1. The van der Waals surface area contributed by atoms with E-state index in [1.807, 2.05) is 21.1 Å². The van der Waals surface area contributed by atoms with Gasteiger partial charge in [0.15, 0.2) is 0 Å². The van der Waals surface area contributed by atoms with E-state index in [1.54, 1.807) is 0 Å². The number of hydrogen-bond donors (Lipinski definition) is 1. The van der Waals surface area contributed by atoms with Crippen LogP contribution in [0.5, 0.6) is 0 Å². The molecule has 0 amide bonds. The van der Waals surface area contributed by atoms with Gasteiger partial charge in [-0.2, -0.15) is 0 Å². The van der Waals surface area contributed by atoms with E-state index >= 15 is 0 Å². The second-order valence-electron chi connectivity index (χ2n) is 11.0. The number of nitrogens with zero attached hydrogens (tertiary/aromatic N) is 1. The summed E-state index contributed by atoms with van der Waals surface area (Å²) in [6, 6.07) is 0. The average Bonchev–Trinajstić information content (AvgIpc) is 3.55. The number of hydrogen-bond acceptors (Lipinski definition) is 8. The van der Waals surface area contributed by atoms with E-state index in [1.165, 1.54) is 44.9 Å². The van der Waals surface area contributed by atoms with Gasteiger partial charge in [0.1, 0.15) is 25.9 Å². The molecule has 1 heterocycles. The maximum atomic E-state index is 11.8. The zero-order valence-electron chi connectivity index (χ0n) is 23.2. The van der Waals surface area contributed by atoms with E-state index in [4.69, 9.17) is 14.0 Å². The minimum absolute atomic E-state index is 0.0104. The molecule has 214 valence electrons. The number of epoxide rings is 1. The van der Waals surface area contributed by atoms with Gasteiger partial charge in [-0.15, -0.1) is 0 Å². The summed E-state index contributed by atoms with van der Waals surface area (Å²) in [7, 11) is 1.24. The number of carbonyl (C=O) groups is 1. The van der Waals surface area contributed by atoms with Crippen LogP contribution in [-0.4, -0.2) is 81.4 Å². The molecule has 0 aromatic rings. The summed E-state index contributed by atoms with van der Waals surface area (Å²) in [5.74, 6) is -0.400. The largest absolute Gasteiger partial charge is 0.756 e. The highest BCUT2D eigenvalue weighted by Crippen LogP contribution is 2.38. The summed E-state index contributed by atoms with van der Waals surface area (Å²) in [5, 5.41) is 9.81. The molecule has 36 heavy (non-hydrogen) atoms. The Morgan fingerprint density at radius 2 is 1.47 bits per heavy atom. The lowest BCUT2D eigenvalue weighted by atomic mass is 10.0. The Bertz CT molecular complexity index is 628. The van der Waals surface area contributed by atoms with Crippen LogP contribution in [-0.2, 0) is 27.9 Å². The maximum Gasteiger partial charge on any atom is 0.305 e. The third kappa shape index (κ3) is 19.6. The molecule has 1 aliphatic heterocycles.